The van der Waals surface area contributed by atoms with E-state index < -0.39 is 0 Å². The number of unbranched alkanes of at least 4 members (excludes halogenated alkanes) is 1. The maximum absolute atomic E-state index is 8.76. The van der Waals surface area contributed by atoms with Gasteiger partial charge < -0.3 is 15.7 Å². The number of piperidine rings is 1. The lowest BCUT2D eigenvalue weighted by Gasteiger charge is -2.32. The smallest absolute Gasteiger partial charge is 0.244 e. The molecule has 1 unspecified atom stereocenters. The number of aliphatic hydroxyl groups is 1. The Morgan fingerprint density at radius 1 is 1.42 bits per heavy atom. The lowest BCUT2D eigenvalue weighted by Crippen LogP contribution is -2.40. The molecule has 1 aromatic heterocycles. The Balaban J connectivity index is 1.82. The minimum absolute atomic E-state index is 0.242. The van der Waals surface area contributed by atoms with Crippen molar-refractivity contribution in [3.63, 3.8) is 0 Å². The van der Waals surface area contributed by atoms with Crippen LogP contribution in [0.15, 0.2) is 0 Å². The topological polar surface area (TPSA) is 91.1 Å². The molecule has 1 aromatic rings. The van der Waals surface area contributed by atoms with Crippen molar-refractivity contribution in [1.82, 2.24) is 15.2 Å². The van der Waals surface area contributed by atoms with E-state index in [0.717, 1.165) is 57.0 Å². The highest BCUT2D eigenvalue weighted by atomic mass is 16.2. The summed E-state index contributed by atoms with van der Waals surface area (Å²) in [6.45, 7) is 4.30. The number of anilines is 1. The summed E-state index contributed by atoms with van der Waals surface area (Å²) in [4.78, 5) is 6.75. The SMILES string of the molecule is CC(N)C1CCN(c2n[nH]c(CCCCO)n2)CC1. The summed E-state index contributed by atoms with van der Waals surface area (Å²) >= 11 is 0. The molecule has 0 spiro atoms. The number of nitrogens with two attached hydrogens (primary N) is 1. The fraction of sp³-hybridized carbons (Fsp3) is 0.846. The van der Waals surface area contributed by atoms with Crippen LogP contribution in [0.25, 0.3) is 0 Å². The number of hydrogen-bond donors (Lipinski definition) is 3. The van der Waals surface area contributed by atoms with E-state index in [1.54, 1.807) is 0 Å². The molecule has 4 N–H and O–H groups in total. The number of H-pyrrole nitrogens is 1. The van der Waals surface area contributed by atoms with E-state index in [4.69, 9.17) is 10.8 Å². The van der Waals surface area contributed by atoms with Crippen LogP contribution in [-0.4, -0.2) is 46.0 Å². The zero-order valence-corrected chi connectivity index (χ0v) is 11.7. The Morgan fingerprint density at radius 2 is 2.16 bits per heavy atom. The molecule has 0 aromatic carbocycles. The van der Waals surface area contributed by atoms with Gasteiger partial charge in [-0.05, 0) is 38.5 Å². The van der Waals surface area contributed by atoms with Crippen molar-refractivity contribution in [3.05, 3.63) is 5.82 Å². The predicted octanol–water partition coefficient (Wildman–Crippen LogP) is 0.683. The molecule has 0 radical (unpaired) electrons. The third-order valence-electron chi connectivity index (χ3n) is 3.91. The number of nitrogens with zero attached hydrogens (tertiary/aromatic N) is 3. The number of hydrogen-bond acceptors (Lipinski definition) is 5. The molecule has 1 aliphatic heterocycles. The van der Waals surface area contributed by atoms with Crippen molar-refractivity contribution in [2.75, 3.05) is 24.6 Å². The second-order valence-electron chi connectivity index (χ2n) is 5.45. The molecule has 1 atom stereocenters. The predicted molar refractivity (Wildman–Crippen MR) is 75.0 cm³/mol. The lowest BCUT2D eigenvalue weighted by atomic mass is 9.91. The number of aliphatic hydroxyl groups excluding tert-OH is 1. The molecular formula is C13H25N5O. The highest BCUT2D eigenvalue weighted by Gasteiger charge is 2.23. The first-order valence-electron chi connectivity index (χ1n) is 7.23. The first kappa shape index (κ1) is 14.3. The van der Waals surface area contributed by atoms with Gasteiger partial charge in [-0.3, -0.25) is 5.10 Å². The Morgan fingerprint density at radius 3 is 2.79 bits per heavy atom. The summed E-state index contributed by atoms with van der Waals surface area (Å²) in [7, 11) is 0. The van der Waals surface area contributed by atoms with Gasteiger partial charge in [0.05, 0.1) is 0 Å². The summed E-state index contributed by atoms with van der Waals surface area (Å²) < 4.78 is 0. The second-order valence-corrected chi connectivity index (χ2v) is 5.45. The summed E-state index contributed by atoms with van der Waals surface area (Å²) in [6, 6.07) is 0.281. The van der Waals surface area contributed by atoms with Crippen molar-refractivity contribution in [3.8, 4) is 0 Å². The average Bonchev–Trinajstić information content (AvgIpc) is 2.88. The lowest BCUT2D eigenvalue weighted by molar-refractivity contribution is 0.284. The molecule has 0 saturated carbocycles. The van der Waals surface area contributed by atoms with E-state index in [2.05, 4.69) is 27.0 Å². The zero-order valence-electron chi connectivity index (χ0n) is 11.7. The van der Waals surface area contributed by atoms with Crippen LogP contribution < -0.4 is 10.6 Å². The van der Waals surface area contributed by atoms with Crippen molar-refractivity contribution < 1.29 is 5.11 Å². The van der Waals surface area contributed by atoms with Gasteiger partial charge in [0.25, 0.3) is 0 Å². The summed E-state index contributed by atoms with van der Waals surface area (Å²) in [5, 5.41) is 16.0. The third-order valence-corrected chi connectivity index (χ3v) is 3.91. The fourth-order valence-electron chi connectivity index (χ4n) is 2.57. The number of rotatable bonds is 6. The Kier molecular flexibility index (Phi) is 5.15. The van der Waals surface area contributed by atoms with Gasteiger partial charge in [0, 0.05) is 32.2 Å². The molecule has 1 fully saturated rings. The molecule has 6 heteroatoms. The maximum atomic E-state index is 8.76. The molecule has 2 heterocycles. The standard InChI is InChI=1S/C13H25N5O/c1-10(14)11-5-7-18(8-6-11)13-15-12(16-17-13)4-2-3-9-19/h10-11,19H,2-9,14H2,1H3,(H,15,16,17). The summed E-state index contributed by atoms with van der Waals surface area (Å²) in [6.07, 6.45) is 4.84. The normalized spacial score (nSPS) is 18.8. The number of nitrogens with one attached hydrogen (secondary N) is 1. The maximum Gasteiger partial charge on any atom is 0.244 e. The van der Waals surface area contributed by atoms with E-state index in [1.807, 2.05) is 0 Å². The molecule has 0 aliphatic carbocycles. The molecular weight excluding hydrogens is 242 g/mol. The van der Waals surface area contributed by atoms with Crippen LogP contribution in [0.1, 0.15) is 38.4 Å². The first-order valence-corrected chi connectivity index (χ1v) is 7.23. The van der Waals surface area contributed by atoms with Gasteiger partial charge in [-0.2, -0.15) is 4.98 Å². The first-order chi connectivity index (χ1) is 9.20. The number of aromatic nitrogens is 3. The van der Waals surface area contributed by atoms with Gasteiger partial charge in [-0.15, -0.1) is 5.10 Å². The molecule has 1 aliphatic rings. The molecule has 6 nitrogen and oxygen atoms in total. The van der Waals surface area contributed by atoms with E-state index >= 15 is 0 Å². The molecule has 19 heavy (non-hydrogen) atoms. The van der Waals surface area contributed by atoms with Crippen molar-refractivity contribution in [1.29, 1.82) is 0 Å². The van der Waals surface area contributed by atoms with Gasteiger partial charge in [0.2, 0.25) is 5.95 Å². The minimum atomic E-state index is 0.242. The van der Waals surface area contributed by atoms with Crippen molar-refractivity contribution >= 4 is 5.95 Å². The van der Waals surface area contributed by atoms with E-state index in [-0.39, 0.29) is 12.6 Å². The van der Waals surface area contributed by atoms with E-state index in [1.165, 1.54) is 0 Å². The summed E-state index contributed by atoms with van der Waals surface area (Å²) in [5.74, 6) is 2.35. The number of aromatic amines is 1. The average molecular weight is 267 g/mol. The van der Waals surface area contributed by atoms with Crippen LogP contribution in [0.3, 0.4) is 0 Å². The Labute approximate surface area is 114 Å². The molecule has 2 rings (SSSR count). The largest absolute Gasteiger partial charge is 0.396 e. The quantitative estimate of drug-likeness (QED) is 0.659. The van der Waals surface area contributed by atoms with Gasteiger partial charge in [-0.25, -0.2) is 0 Å². The van der Waals surface area contributed by atoms with Crippen LogP contribution >= 0.6 is 0 Å². The monoisotopic (exact) mass is 267 g/mol. The van der Waals surface area contributed by atoms with Gasteiger partial charge in [0.1, 0.15) is 5.82 Å². The van der Waals surface area contributed by atoms with Gasteiger partial charge >= 0.3 is 0 Å². The Hall–Kier alpha value is -1.14. The fourth-order valence-corrected chi connectivity index (χ4v) is 2.57. The molecule has 0 bridgehead atoms. The molecule has 108 valence electrons. The highest BCUT2D eigenvalue weighted by molar-refractivity contribution is 5.29. The van der Waals surface area contributed by atoms with Crippen LogP contribution in [0, 0.1) is 5.92 Å². The molecule has 0 amide bonds. The summed E-state index contributed by atoms with van der Waals surface area (Å²) in [5.41, 5.74) is 5.95. The van der Waals surface area contributed by atoms with Crippen molar-refractivity contribution in [2.24, 2.45) is 11.7 Å². The van der Waals surface area contributed by atoms with Crippen LogP contribution in [0.2, 0.25) is 0 Å². The highest BCUT2D eigenvalue weighted by Crippen LogP contribution is 2.22. The van der Waals surface area contributed by atoms with E-state index in [9.17, 15) is 0 Å². The van der Waals surface area contributed by atoms with Gasteiger partial charge in [-0.1, -0.05) is 0 Å². The van der Waals surface area contributed by atoms with Crippen molar-refractivity contribution in [2.45, 2.75) is 45.1 Å². The zero-order chi connectivity index (χ0) is 13.7. The number of aryl methyl sites for hydroxylation is 1. The van der Waals surface area contributed by atoms with Crippen LogP contribution in [-0.2, 0) is 6.42 Å². The van der Waals surface area contributed by atoms with Crippen LogP contribution in [0.4, 0.5) is 5.95 Å². The third kappa shape index (κ3) is 3.91. The molecule has 1 saturated heterocycles. The second kappa shape index (κ2) is 6.86. The van der Waals surface area contributed by atoms with Gasteiger partial charge in [0.15, 0.2) is 0 Å². The Bertz CT molecular complexity index is 371. The van der Waals surface area contributed by atoms with E-state index in [0.29, 0.717) is 5.92 Å². The van der Waals surface area contributed by atoms with Crippen LogP contribution in [0.5, 0.6) is 0 Å². The minimum Gasteiger partial charge on any atom is -0.396 e.